The summed E-state index contributed by atoms with van der Waals surface area (Å²) in [5.74, 6) is 0. The summed E-state index contributed by atoms with van der Waals surface area (Å²) in [6.07, 6.45) is 1.47. The van der Waals surface area contributed by atoms with Gasteiger partial charge in [-0.05, 0) is 44.9 Å². The number of hydrogen-bond donors (Lipinski definition) is 1. The van der Waals surface area contributed by atoms with Crippen molar-refractivity contribution in [3.8, 4) is 0 Å². The Morgan fingerprint density at radius 2 is 2.11 bits per heavy atom. The van der Waals surface area contributed by atoms with Crippen LogP contribution in [0.4, 0.5) is 0 Å². The second-order valence-corrected chi connectivity index (χ2v) is 8.19. The smallest absolute Gasteiger partial charge is 0.243 e. The molecule has 6 heteroatoms. The number of aliphatic hydroxyl groups is 1. The molecule has 1 aliphatic rings. The molecule has 0 aliphatic carbocycles. The van der Waals surface area contributed by atoms with Gasteiger partial charge >= 0.3 is 0 Å². The van der Waals surface area contributed by atoms with Crippen LogP contribution in [0.5, 0.6) is 0 Å². The van der Waals surface area contributed by atoms with Gasteiger partial charge in [-0.3, -0.25) is 0 Å². The molecular formula is C13H18BrNO3S. The average Bonchev–Trinajstić information content (AvgIpc) is 2.78. The molecule has 1 aromatic rings. The van der Waals surface area contributed by atoms with E-state index in [0.29, 0.717) is 13.0 Å². The van der Waals surface area contributed by atoms with Crippen LogP contribution in [0.2, 0.25) is 0 Å². The molecule has 0 saturated carbocycles. The largest absolute Gasteiger partial charge is 0.389 e. The van der Waals surface area contributed by atoms with Crippen LogP contribution in [0.15, 0.2) is 33.6 Å². The topological polar surface area (TPSA) is 57.6 Å². The molecular weight excluding hydrogens is 330 g/mol. The Balaban J connectivity index is 2.40. The Morgan fingerprint density at radius 1 is 1.42 bits per heavy atom. The number of nitrogens with zero attached hydrogens (tertiary/aromatic N) is 1. The first-order valence-corrected chi connectivity index (χ1v) is 8.46. The van der Waals surface area contributed by atoms with Crippen LogP contribution >= 0.6 is 15.9 Å². The van der Waals surface area contributed by atoms with Crippen molar-refractivity contribution in [2.24, 2.45) is 0 Å². The minimum absolute atomic E-state index is 0.262. The summed E-state index contributed by atoms with van der Waals surface area (Å²) >= 11 is 3.29. The van der Waals surface area contributed by atoms with Gasteiger partial charge in [0.05, 0.1) is 16.5 Å². The SMILES string of the molecule is CC(C)(O)C1CCCN1S(=O)(=O)c1cccc(Br)c1. The van der Waals surface area contributed by atoms with E-state index in [1.54, 1.807) is 38.1 Å². The molecule has 0 bridgehead atoms. The fourth-order valence-corrected chi connectivity index (χ4v) is 4.91. The van der Waals surface area contributed by atoms with E-state index in [1.165, 1.54) is 4.31 Å². The molecule has 0 aromatic heterocycles. The van der Waals surface area contributed by atoms with Crippen molar-refractivity contribution in [2.45, 2.75) is 43.2 Å². The van der Waals surface area contributed by atoms with Crippen LogP contribution in [-0.4, -0.2) is 36.0 Å². The lowest BCUT2D eigenvalue weighted by molar-refractivity contribution is 0.0215. The minimum atomic E-state index is -3.55. The number of benzene rings is 1. The molecule has 1 unspecified atom stereocenters. The molecule has 1 aliphatic heterocycles. The normalized spacial score (nSPS) is 21.8. The van der Waals surface area contributed by atoms with Crippen LogP contribution in [0, 0.1) is 0 Å². The van der Waals surface area contributed by atoms with Crippen molar-refractivity contribution in [2.75, 3.05) is 6.54 Å². The van der Waals surface area contributed by atoms with Crippen LogP contribution in [0.1, 0.15) is 26.7 Å². The molecule has 1 N–H and O–H groups in total. The fourth-order valence-electron chi connectivity index (χ4n) is 2.50. The van der Waals surface area contributed by atoms with Crippen LogP contribution < -0.4 is 0 Å². The average molecular weight is 348 g/mol. The first-order valence-electron chi connectivity index (χ1n) is 6.23. The van der Waals surface area contributed by atoms with Gasteiger partial charge in [-0.15, -0.1) is 0 Å². The van der Waals surface area contributed by atoms with Crippen molar-refractivity contribution in [3.63, 3.8) is 0 Å². The van der Waals surface area contributed by atoms with Gasteiger partial charge in [-0.1, -0.05) is 22.0 Å². The zero-order valence-corrected chi connectivity index (χ0v) is 13.4. The van der Waals surface area contributed by atoms with Gasteiger partial charge in [0.25, 0.3) is 0 Å². The van der Waals surface area contributed by atoms with E-state index in [-0.39, 0.29) is 10.9 Å². The number of halogens is 1. The lowest BCUT2D eigenvalue weighted by Crippen LogP contribution is -2.48. The molecule has 4 nitrogen and oxygen atoms in total. The van der Waals surface area contributed by atoms with Crippen molar-refractivity contribution < 1.29 is 13.5 Å². The molecule has 19 heavy (non-hydrogen) atoms. The zero-order valence-electron chi connectivity index (χ0n) is 11.0. The summed E-state index contributed by atoms with van der Waals surface area (Å²) in [5.41, 5.74) is -1.03. The summed E-state index contributed by atoms with van der Waals surface area (Å²) in [7, 11) is -3.55. The van der Waals surface area contributed by atoms with E-state index in [1.807, 2.05) is 0 Å². The van der Waals surface area contributed by atoms with E-state index in [4.69, 9.17) is 0 Å². The van der Waals surface area contributed by atoms with Crippen molar-refractivity contribution in [1.29, 1.82) is 0 Å². The highest BCUT2D eigenvalue weighted by atomic mass is 79.9. The third kappa shape index (κ3) is 3.02. The van der Waals surface area contributed by atoms with E-state index < -0.39 is 15.6 Å². The number of rotatable bonds is 3. The Hall–Kier alpha value is -0.430. The van der Waals surface area contributed by atoms with E-state index in [0.717, 1.165) is 10.9 Å². The second kappa shape index (κ2) is 5.16. The van der Waals surface area contributed by atoms with Gasteiger partial charge in [0, 0.05) is 11.0 Å². The maximum atomic E-state index is 12.6. The third-order valence-corrected chi connectivity index (χ3v) is 5.82. The Labute approximate surface area is 122 Å². The molecule has 1 aromatic carbocycles. The molecule has 1 fully saturated rings. The molecule has 1 heterocycles. The number of sulfonamides is 1. The zero-order chi connectivity index (χ0) is 14.3. The van der Waals surface area contributed by atoms with Gasteiger partial charge in [0.1, 0.15) is 0 Å². The molecule has 106 valence electrons. The summed E-state index contributed by atoms with van der Waals surface area (Å²) in [6, 6.07) is 6.30. The maximum absolute atomic E-state index is 12.6. The van der Waals surface area contributed by atoms with Gasteiger partial charge in [-0.25, -0.2) is 8.42 Å². The maximum Gasteiger partial charge on any atom is 0.243 e. The molecule has 0 radical (unpaired) electrons. The third-order valence-electron chi connectivity index (χ3n) is 3.42. The second-order valence-electron chi connectivity index (χ2n) is 5.38. The lowest BCUT2D eigenvalue weighted by Gasteiger charge is -2.33. The summed E-state index contributed by atoms with van der Waals surface area (Å²) < 4.78 is 27.4. The minimum Gasteiger partial charge on any atom is -0.389 e. The van der Waals surface area contributed by atoms with Crippen LogP contribution in [-0.2, 0) is 10.0 Å². The molecule has 1 saturated heterocycles. The molecule has 0 spiro atoms. The molecule has 1 atom stereocenters. The quantitative estimate of drug-likeness (QED) is 0.913. The Bertz CT molecular complexity index is 565. The van der Waals surface area contributed by atoms with Gasteiger partial charge in [0.2, 0.25) is 10.0 Å². The summed E-state index contributed by atoms with van der Waals surface area (Å²) in [5, 5.41) is 10.1. The predicted octanol–water partition coefficient (Wildman–Crippen LogP) is 2.37. The first kappa shape index (κ1) is 15.0. The predicted molar refractivity (Wildman–Crippen MR) is 77.4 cm³/mol. The molecule has 2 rings (SSSR count). The first-order chi connectivity index (χ1) is 8.73. The molecule has 0 amide bonds. The highest BCUT2D eigenvalue weighted by Gasteiger charge is 2.42. The Morgan fingerprint density at radius 3 is 2.68 bits per heavy atom. The van der Waals surface area contributed by atoms with Gasteiger partial charge < -0.3 is 5.11 Å². The van der Waals surface area contributed by atoms with Crippen LogP contribution in [0.25, 0.3) is 0 Å². The number of hydrogen-bond acceptors (Lipinski definition) is 3. The summed E-state index contributed by atoms with van der Waals surface area (Å²) in [6.45, 7) is 3.78. The lowest BCUT2D eigenvalue weighted by atomic mass is 9.98. The summed E-state index contributed by atoms with van der Waals surface area (Å²) in [4.78, 5) is 0.262. The van der Waals surface area contributed by atoms with E-state index in [9.17, 15) is 13.5 Å². The Kier molecular flexibility index (Phi) is 4.07. The highest BCUT2D eigenvalue weighted by Crippen LogP contribution is 2.32. The van der Waals surface area contributed by atoms with Crippen LogP contribution in [0.3, 0.4) is 0 Å². The van der Waals surface area contributed by atoms with Crippen molar-refractivity contribution >= 4 is 26.0 Å². The highest BCUT2D eigenvalue weighted by molar-refractivity contribution is 9.10. The van der Waals surface area contributed by atoms with Crippen molar-refractivity contribution in [3.05, 3.63) is 28.7 Å². The fraction of sp³-hybridized carbons (Fsp3) is 0.538. The van der Waals surface area contributed by atoms with E-state index in [2.05, 4.69) is 15.9 Å². The van der Waals surface area contributed by atoms with E-state index >= 15 is 0 Å². The van der Waals surface area contributed by atoms with Gasteiger partial charge in [0.15, 0.2) is 0 Å². The monoisotopic (exact) mass is 347 g/mol. The van der Waals surface area contributed by atoms with Gasteiger partial charge in [-0.2, -0.15) is 4.31 Å². The standard InChI is InChI=1S/C13H18BrNO3S/c1-13(2,16)12-7-4-8-15(12)19(17,18)11-6-3-5-10(14)9-11/h3,5-6,9,12,16H,4,7-8H2,1-2H3. The van der Waals surface area contributed by atoms with Crippen molar-refractivity contribution in [1.82, 2.24) is 4.31 Å².